The number of nitrogens with one attached hydrogen (secondary N) is 2. The molecule has 0 aromatic carbocycles. The number of aromatic nitrogens is 1. The third-order valence-corrected chi connectivity index (χ3v) is 4.17. The van der Waals surface area contributed by atoms with E-state index in [-0.39, 0.29) is 6.03 Å². The van der Waals surface area contributed by atoms with Gasteiger partial charge in [0.05, 0.1) is 11.6 Å². The molecule has 2 rings (SSSR count). The van der Waals surface area contributed by atoms with Crippen molar-refractivity contribution in [2.75, 3.05) is 11.9 Å². The Morgan fingerprint density at radius 2 is 2.26 bits per heavy atom. The Hall–Kier alpha value is -1.63. The first-order valence-corrected chi connectivity index (χ1v) is 7.14. The highest BCUT2D eigenvalue weighted by Crippen LogP contribution is 2.30. The molecular weight excluding hydrogens is 266 g/mol. The van der Waals surface area contributed by atoms with Gasteiger partial charge in [-0.2, -0.15) is 0 Å². The summed E-state index contributed by atoms with van der Waals surface area (Å²) in [7, 11) is 0. The van der Waals surface area contributed by atoms with Crippen LogP contribution < -0.4 is 10.6 Å². The first-order valence-electron chi connectivity index (χ1n) is 6.32. The number of aryl methyl sites for hydroxylation is 2. The molecule has 0 spiro atoms. The third-order valence-electron chi connectivity index (χ3n) is 3.10. The monoisotopic (exact) mass is 283 g/mol. The molecule has 19 heavy (non-hydrogen) atoms. The smallest absolute Gasteiger partial charge is 0.321 e. The summed E-state index contributed by atoms with van der Waals surface area (Å²) < 4.78 is 0. The van der Waals surface area contributed by atoms with Crippen LogP contribution in [0.1, 0.15) is 30.3 Å². The molecule has 104 valence electrons. The Kier molecular flexibility index (Phi) is 4.36. The van der Waals surface area contributed by atoms with E-state index in [0.29, 0.717) is 18.1 Å². The minimum absolute atomic E-state index is 0.329. The summed E-state index contributed by atoms with van der Waals surface area (Å²) in [6, 6.07) is -0.329. The normalized spacial score (nSPS) is 14.8. The van der Waals surface area contributed by atoms with Crippen molar-refractivity contribution in [3.05, 3.63) is 10.6 Å². The average molecular weight is 283 g/mol. The van der Waals surface area contributed by atoms with E-state index in [4.69, 9.17) is 5.11 Å². The molecule has 1 aliphatic rings. The van der Waals surface area contributed by atoms with Crippen LogP contribution in [0, 0.1) is 5.92 Å². The average Bonchev–Trinajstić information content (AvgIpc) is 2.89. The molecule has 0 saturated heterocycles. The molecule has 0 fully saturated rings. The van der Waals surface area contributed by atoms with Gasteiger partial charge in [-0.3, -0.25) is 10.1 Å². The van der Waals surface area contributed by atoms with E-state index in [1.165, 1.54) is 16.2 Å². The van der Waals surface area contributed by atoms with Crippen molar-refractivity contribution in [3.63, 3.8) is 0 Å². The number of hydrogen-bond donors (Lipinski definition) is 3. The number of fused-ring (bicyclic) bond motifs is 1. The van der Waals surface area contributed by atoms with E-state index in [9.17, 15) is 9.59 Å². The van der Waals surface area contributed by atoms with Crippen LogP contribution in [0.3, 0.4) is 0 Å². The minimum Gasteiger partial charge on any atom is -0.481 e. The Morgan fingerprint density at radius 3 is 2.95 bits per heavy atom. The van der Waals surface area contributed by atoms with Crippen LogP contribution in [-0.2, 0) is 17.6 Å². The van der Waals surface area contributed by atoms with Crippen molar-refractivity contribution in [2.24, 2.45) is 5.92 Å². The van der Waals surface area contributed by atoms with Crippen molar-refractivity contribution < 1.29 is 14.7 Å². The molecule has 0 saturated carbocycles. The number of rotatable bonds is 5. The highest BCUT2D eigenvalue weighted by molar-refractivity contribution is 7.15. The third kappa shape index (κ3) is 3.66. The zero-order valence-electron chi connectivity index (χ0n) is 10.7. The number of urea groups is 1. The summed E-state index contributed by atoms with van der Waals surface area (Å²) in [5.74, 6) is -1.30. The van der Waals surface area contributed by atoms with Gasteiger partial charge in [0.2, 0.25) is 0 Å². The molecule has 7 heteroatoms. The lowest BCUT2D eigenvalue weighted by atomic mass is 10.1. The predicted molar refractivity (Wildman–Crippen MR) is 72.6 cm³/mol. The lowest BCUT2D eigenvalue weighted by Gasteiger charge is -2.07. The Balaban J connectivity index is 1.73. The molecular formula is C12H17N3O3S. The number of carboxylic acid groups (broad SMARTS) is 1. The van der Waals surface area contributed by atoms with Crippen LogP contribution >= 0.6 is 11.3 Å². The van der Waals surface area contributed by atoms with Crippen molar-refractivity contribution in [3.8, 4) is 0 Å². The molecule has 3 N–H and O–H groups in total. The highest BCUT2D eigenvalue weighted by Gasteiger charge is 2.17. The fraction of sp³-hybridized carbons (Fsp3) is 0.583. The molecule has 0 aliphatic heterocycles. The molecule has 1 aromatic heterocycles. The summed E-state index contributed by atoms with van der Waals surface area (Å²) in [5, 5.41) is 14.7. The minimum atomic E-state index is -0.849. The van der Waals surface area contributed by atoms with Crippen molar-refractivity contribution >= 4 is 28.5 Å². The maximum atomic E-state index is 11.6. The fourth-order valence-electron chi connectivity index (χ4n) is 1.91. The largest absolute Gasteiger partial charge is 0.481 e. The fourth-order valence-corrected chi connectivity index (χ4v) is 2.96. The SMILES string of the molecule is CC(CCNC(=O)Nc1nc2c(s1)CCC2)C(=O)O. The van der Waals surface area contributed by atoms with Crippen LogP contribution in [0.25, 0.3) is 0 Å². The Bertz CT molecular complexity index is 465. The molecule has 6 nitrogen and oxygen atoms in total. The molecule has 0 radical (unpaired) electrons. The maximum Gasteiger partial charge on any atom is 0.321 e. The number of carboxylic acids is 1. The number of carbonyl (C=O) groups is 2. The predicted octanol–water partition coefficient (Wildman–Crippen LogP) is 1.86. The van der Waals surface area contributed by atoms with Crippen molar-refractivity contribution in [1.29, 1.82) is 0 Å². The second-order valence-corrected chi connectivity index (χ2v) is 5.73. The van der Waals surface area contributed by atoms with E-state index >= 15 is 0 Å². The lowest BCUT2D eigenvalue weighted by molar-refractivity contribution is -0.141. The summed E-state index contributed by atoms with van der Waals surface area (Å²) in [4.78, 5) is 27.8. The summed E-state index contributed by atoms with van der Waals surface area (Å²) in [6.07, 6.45) is 3.60. The van der Waals surface area contributed by atoms with Gasteiger partial charge in [0.15, 0.2) is 5.13 Å². The zero-order chi connectivity index (χ0) is 13.8. The van der Waals surface area contributed by atoms with Gasteiger partial charge in [0.1, 0.15) is 0 Å². The molecule has 0 bridgehead atoms. The van der Waals surface area contributed by atoms with Gasteiger partial charge in [0.25, 0.3) is 0 Å². The van der Waals surface area contributed by atoms with Crippen LogP contribution in [-0.4, -0.2) is 28.6 Å². The second kappa shape index (κ2) is 6.01. The number of thiazole rings is 1. The van der Waals surface area contributed by atoms with E-state index in [1.54, 1.807) is 6.92 Å². The second-order valence-electron chi connectivity index (χ2n) is 4.65. The van der Waals surface area contributed by atoms with Gasteiger partial charge in [-0.15, -0.1) is 11.3 Å². The Morgan fingerprint density at radius 1 is 1.47 bits per heavy atom. The first-order chi connectivity index (χ1) is 9.06. The van der Waals surface area contributed by atoms with Crippen molar-refractivity contribution in [2.45, 2.75) is 32.6 Å². The van der Waals surface area contributed by atoms with Crippen LogP contribution in [0.15, 0.2) is 0 Å². The van der Waals surface area contributed by atoms with Gasteiger partial charge in [-0.05, 0) is 25.7 Å². The molecule has 1 unspecified atom stereocenters. The molecule has 1 atom stereocenters. The molecule has 1 heterocycles. The number of anilines is 1. The van der Waals surface area contributed by atoms with Gasteiger partial charge in [-0.25, -0.2) is 9.78 Å². The summed E-state index contributed by atoms with van der Waals surface area (Å²) in [6.45, 7) is 1.96. The lowest BCUT2D eigenvalue weighted by Crippen LogP contribution is -2.31. The van der Waals surface area contributed by atoms with Crippen molar-refractivity contribution in [1.82, 2.24) is 10.3 Å². The Labute approximate surface area is 115 Å². The number of nitrogens with zero attached hydrogens (tertiary/aromatic N) is 1. The van der Waals surface area contributed by atoms with Crippen LogP contribution in [0.2, 0.25) is 0 Å². The van der Waals surface area contributed by atoms with Crippen LogP contribution in [0.5, 0.6) is 0 Å². The maximum absolute atomic E-state index is 11.6. The van der Waals surface area contributed by atoms with Crippen LogP contribution in [0.4, 0.5) is 9.93 Å². The van der Waals surface area contributed by atoms with E-state index in [1.807, 2.05) is 0 Å². The van der Waals surface area contributed by atoms with E-state index in [0.717, 1.165) is 25.0 Å². The molecule has 2 amide bonds. The van der Waals surface area contributed by atoms with Gasteiger partial charge in [-0.1, -0.05) is 6.92 Å². The number of amides is 2. The van der Waals surface area contributed by atoms with E-state index in [2.05, 4.69) is 15.6 Å². The topological polar surface area (TPSA) is 91.3 Å². The number of hydrogen-bond acceptors (Lipinski definition) is 4. The van der Waals surface area contributed by atoms with Gasteiger partial charge < -0.3 is 10.4 Å². The standard InChI is InChI=1S/C12H17N3O3S/c1-7(10(16)17)5-6-13-11(18)15-12-14-8-3-2-4-9(8)19-12/h7H,2-6H2,1H3,(H,16,17)(H2,13,14,15,18). The zero-order valence-corrected chi connectivity index (χ0v) is 11.5. The van der Waals surface area contributed by atoms with Gasteiger partial charge in [0, 0.05) is 11.4 Å². The van der Waals surface area contributed by atoms with Gasteiger partial charge >= 0.3 is 12.0 Å². The molecule has 1 aliphatic carbocycles. The highest BCUT2D eigenvalue weighted by atomic mass is 32.1. The summed E-state index contributed by atoms with van der Waals surface area (Å²) in [5.41, 5.74) is 1.10. The summed E-state index contributed by atoms with van der Waals surface area (Å²) >= 11 is 1.52. The number of aliphatic carboxylic acids is 1. The quantitative estimate of drug-likeness (QED) is 0.769. The first kappa shape index (κ1) is 13.8. The molecule has 1 aromatic rings. The van der Waals surface area contributed by atoms with E-state index < -0.39 is 11.9 Å². The number of carbonyl (C=O) groups excluding carboxylic acids is 1.